The lowest BCUT2D eigenvalue weighted by Crippen LogP contribution is -2.38. The molecule has 22 heavy (non-hydrogen) atoms. The molecule has 2 aliphatic heterocycles. The van der Waals surface area contributed by atoms with Crippen molar-refractivity contribution < 1.29 is 13.2 Å². The highest BCUT2D eigenvalue weighted by Gasteiger charge is 2.53. The molecule has 0 aliphatic carbocycles. The van der Waals surface area contributed by atoms with Gasteiger partial charge in [-0.25, -0.2) is 13.2 Å². The Bertz CT molecular complexity index is 714. The molecule has 0 radical (unpaired) electrons. The van der Waals surface area contributed by atoms with Crippen molar-refractivity contribution in [1.29, 1.82) is 0 Å². The molecule has 3 rings (SSSR count). The maximum atomic E-state index is 12.8. The van der Waals surface area contributed by atoms with Gasteiger partial charge in [-0.3, -0.25) is 4.90 Å². The summed E-state index contributed by atoms with van der Waals surface area (Å²) in [4.78, 5) is 16.3. The quantitative estimate of drug-likeness (QED) is 0.801. The third kappa shape index (κ3) is 2.39. The topological polar surface area (TPSA) is 57.7 Å². The van der Waals surface area contributed by atoms with Crippen LogP contribution < -0.4 is 4.90 Å². The number of fused-ring (bicyclic) bond motifs is 1. The number of urea groups is 1. The minimum atomic E-state index is -3.08. The van der Waals surface area contributed by atoms with Gasteiger partial charge in [-0.2, -0.15) is 0 Å². The van der Waals surface area contributed by atoms with Crippen LogP contribution in [0.4, 0.5) is 10.5 Å². The van der Waals surface area contributed by atoms with Crippen molar-refractivity contribution in [3.63, 3.8) is 0 Å². The summed E-state index contributed by atoms with van der Waals surface area (Å²) in [6, 6.07) is 5.44. The summed E-state index contributed by atoms with van der Waals surface area (Å²) in [6.45, 7) is 6.56. The minimum absolute atomic E-state index is 0.0551. The fourth-order valence-corrected chi connectivity index (χ4v) is 5.49. The van der Waals surface area contributed by atoms with E-state index in [-0.39, 0.29) is 29.6 Å². The Kier molecular flexibility index (Phi) is 3.67. The normalized spacial score (nSPS) is 26.6. The zero-order valence-corrected chi connectivity index (χ0v) is 14.1. The predicted octanol–water partition coefficient (Wildman–Crippen LogP) is 2.12. The third-order valence-electron chi connectivity index (χ3n) is 4.57. The average Bonchev–Trinajstić information content (AvgIpc) is 2.86. The monoisotopic (exact) mass is 322 g/mol. The SMILES string of the molecule is CCCN1C(=O)N(c2cc(C)ccc2C)[C@H]2CS(=O)(=O)C[C@H]21. The van der Waals surface area contributed by atoms with Gasteiger partial charge in [0.15, 0.2) is 9.84 Å². The predicted molar refractivity (Wildman–Crippen MR) is 87.0 cm³/mol. The van der Waals surface area contributed by atoms with Gasteiger partial charge < -0.3 is 4.90 Å². The van der Waals surface area contributed by atoms with Gasteiger partial charge in [0.1, 0.15) is 0 Å². The van der Waals surface area contributed by atoms with E-state index in [9.17, 15) is 13.2 Å². The number of aryl methyl sites for hydroxylation is 2. The largest absolute Gasteiger partial charge is 0.325 e. The number of carbonyl (C=O) groups excluding carboxylic acids is 1. The summed E-state index contributed by atoms with van der Waals surface area (Å²) in [7, 11) is -3.08. The van der Waals surface area contributed by atoms with Gasteiger partial charge in [0.2, 0.25) is 0 Å². The molecule has 120 valence electrons. The van der Waals surface area contributed by atoms with Crippen molar-refractivity contribution in [2.45, 2.75) is 39.3 Å². The highest BCUT2D eigenvalue weighted by atomic mass is 32.2. The first-order valence-electron chi connectivity index (χ1n) is 7.71. The van der Waals surface area contributed by atoms with Gasteiger partial charge in [-0.1, -0.05) is 19.1 Å². The van der Waals surface area contributed by atoms with Crippen molar-refractivity contribution in [3.05, 3.63) is 29.3 Å². The fourth-order valence-electron chi connectivity index (χ4n) is 3.54. The maximum Gasteiger partial charge on any atom is 0.325 e. The second-order valence-corrected chi connectivity index (χ2v) is 8.50. The molecule has 1 aromatic rings. The summed E-state index contributed by atoms with van der Waals surface area (Å²) in [5, 5.41) is 0. The van der Waals surface area contributed by atoms with Gasteiger partial charge >= 0.3 is 6.03 Å². The summed E-state index contributed by atoms with van der Waals surface area (Å²) in [5.74, 6) is 0.155. The van der Waals surface area contributed by atoms with E-state index < -0.39 is 9.84 Å². The molecule has 0 bridgehead atoms. The van der Waals surface area contributed by atoms with Gasteiger partial charge in [0.25, 0.3) is 0 Å². The molecule has 1 aromatic carbocycles. The zero-order valence-electron chi connectivity index (χ0n) is 13.2. The third-order valence-corrected chi connectivity index (χ3v) is 6.26. The first kappa shape index (κ1) is 15.3. The molecule has 2 heterocycles. The number of carbonyl (C=O) groups is 1. The van der Waals surface area contributed by atoms with Crippen LogP contribution in [0.15, 0.2) is 18.2 Å². The minimum Gasteiger partial charge on any atom is -0.318 e. The Morgan fingerprint density at radius 1 is 1.18 bits per heavy atom. The molecule has 5 nitrogen and oxygen atoms in total. The Morgan fingerprint density at radius 2 is 1.86 bits per heavy atom. The summed E-state index contributed by atoms with van der Waals surface area (Å²) in [6.07, 6.45) is 0.829. The van der Waals surface area contributed by atoms with Gasteiger partial charge in [-0.15, -0.1) is 0 Å². The number of amides is 2. The van der Waals surface area contributed by atoms with Crippen molar-refractivity contribution in [3.8, 4) is 0 Å². The van der Waals surface area contributed by atoms with Crippen LogP contribution in [0.2, 0.25) is 0 Å². The van der Waals surface area contributed by atoms with E-state index in [2.05, 4.69) is 0 Å². The Balaban J connectivity index is 2.06. The highest BCUT2D eigenvalue weighted by Crippen LogP contribution is 2.36. The molecule has 2 amide bonds. The second-order valence-electron chi connectivity index (χ2n) is 6.35. The number of hydrogen-bond acceptors (Lipinski definition) is 3. The first-order valence-corrected chi connectivity index (χ1v) is 9.53. The zero-order chi connectivity index (χ0) is 16.1. The number of benzene rings is 1. The first-order chi connectivity index (χ1) is 10.3. The Morgan fingerprint density at radius 3 is 2.55 bits per heavy atom. The van der Waals surface area contributed by atoms with E-state index in [0.29, 0.717) is 6.54 Å². The van der Waals surface area contributed by atoms with Crippen molar-refractivity contribution in [1.82, 2.24) is 4.90 Å². The van der Waals surface area contributed by atoms with Crippen molar-refractivity contribution in [2.24, 2.45) is 0 Å². The fraction of sp³-hybridized carbons (Fsp3) is 0.562. The van der Waals surface area contributed by atoms with Gasteiger partial charge in [0, 0.05) is 12.2 Å². The average molecular weight is 322 g/mol. The van der Waals surface area contributed by atoms with Crippen LogP contribution in [-0.4, -0.2) is 49.5 Å². The molecule has 2 saturated heterocycles. The highest BCUT2D eigenvalue weighted by molar-refractivity contribution is 7.91. The summed E-state index contributed by atoms with van der Waals surface area (Å²) >= 11 is 0. The van der Waals surface area contributed by atoms with E-state index in [1.54, 1.807) is 9.80 Å². The lowest BCUT2D eigenvalue weighted by Gasteiger charge is -2.24. The number of rotatable bonds is 3. The smallest absolute Gasteiger partial charge is 0.318 e. The van der Waals surface area contributed by atoms with Crippen LogP contribution in [0.3, 0.4) is 0 Å². The second kappa shape index (κ2) is 5.26. The Hall–Kier alpha value is -1.56. The Labute approximate surface area is 131 Å². The molecule has 0 spiro atoms. The van der Waals surface area contributed by atoms with Crippen molar-refractivity contribution in [2.75, 3.05) is 23.0 Å². The van der Waals surface area contributed by atoms with Crippen LogP contribution in [0.25, 0.3) is 0 Å². The van der Waals surface area contributed by atoms with E-state index in [0.717, 1.165) is 23.2 Å². The standard InChI is InChI=1S/C16H22N2O3S/c1-4-7-17-14-9-22(20,21)10-15(14)18(16(17)19)13-8-11(2)5-6-12(13)3/h5-6,8,14-15H,4,7,9-10H2,1-3H3/t14-,15+/m1/s1. The van der Waals surface area contributed by atoms with Crippen LogP contribution in [0, 0.1) is 13.8 Å². The molecular formula is C16H22N2O3S. The lowest BCUT2D eigenvalue weighted by atomic mass is 10.1. The maximum absolute atomic E-state index is 12.8. The van der Waals surface area contributed by atoms with Crippen LogP contribution in [0.1, 0.15) is 24.5 Å². The number of anilines is 1. The summed E-state index contributed by atoms with van der Waals surface area (Å²) in [5.41, 5.74) is 2.91. The molecule has 0 N–H and O–H groups in total. The van der Waals surface area contributed by atoms with E-state index in [1.165, 1.54) is 0 Å². The van der Waals surface area contributed by atoms with E-state index in [1.807, 2.05) is 39.0 Å². The molecule has 6 heteroatoms. The molecule has 2 fully saturated rings. The molecule has 0 aromatic heterocycles. The van der Waals surface area contributed by atoms with Gasteiger partial charge in [0.05, 0.1) is 23.6 Å². The molecule has 0 unspecified atom stereocenters. The van der Waals surface area contributed by atoms with E-state index in [4.69, 9.17) is 0 Å². The molecule has 2 aliphatic rings. The molecular weight excluding hydrogens is 300 g/mol. The summed E-state index contributed by atoms with van der Waals surface area (Å²) < 4.78 is 24.1. The number of hydrogen-bond donors (Lipinski definition) is 0. The van der Waals surface area contributed by atoms with Gasteiger partial charge in [-0.05, 0) is 37.5 Å². The van der Waals surface area contributed by atoms with Crippen molar-refractivity contribution >= 4 is 21.6 Å². The van der Waals surface area contributed by atoms with E-state index >= 15 is 0 Å². The molecule has 0 saturated carbocycles. The number of sulfone groups is 1. The van der Waals surface area contributed by atoms with Crippen LogP contribution in [-0.2, 0) is 9.84 Å². The van der Waals surface area contributed by atoms with Crippen LogP contribution >= 0.6 is 0 Å². The lowest BCUT2D eigenvalue weighted by molar-refractivity contribution is 0.209. The molecule has 2 atom stereocenters. The van der Waals surface area contributed by atoms with Crippen LogP contribution in [0.5, 0.6) is 0 Å². The number of nitrogens with zero attached hydrogens (tertiary/aromatic N) is 2.